The molecule has 15 heteroatoms. The van der Waals surface area contributed by atoms with Crippen LogP contribution in [0.4, 0.5) is 26.3 Å². The van der Waals surface area contributed by atoms with Crippen molar-refractivity contribution in [1.29, 1.82) is 0 Å². The van der Waals surface area contributed by atoms with E-state index >= 15 is 0 Å². The molecule has 0 aliphatic carbocycles. The SMILES string of the molecule is O=S(=O)(c1ccc(OC(F)(F)F)cc1)c1cnc2ccc(OC(F)(F)F)cc2c1-n1cncn1. The highest BCUT2D eigenvalue weighted by atomic mass is 32.2. The van der Waals surface area contributed by atoms with Crippen molar-refractivity contribution < 1.29 is 44.2 Å². The van der Waals surface area contributed by atoms with Crippen LogP contribution in [0.5, 0.6) is 11.5 Å². The third-order valence-electron chi connectivity index (χ3n) is 4.32. The molecule has 178 valence electrons. The Labute approximate surface area is 186 Å². The van der Waals surface area contributed by atoms with Gasteiger partial charge in [0.1, 0.15) is 29.0 Å². The van der Waals surface area contributed by atoms with E-state index < -0.39 is 43.9 Å². The number of hydrogen-bond donors (Lipinski definition) is 0. The molecule has 8 nitrogen and oxygen atoms in total. The fraction of sp³-hybridized carbons (Fsp3) is 0.105. The summed E-state index contributed by atoms with van der Waals surface area (Å²) >= 11 is 0. The average Bonchev–Trinajstić information content (AvgIpc) is 3.25. The molecule has 34 heavy (non-hydrogen) atoms. The van der Waals surface area contributed by atoms with Crippen molar-refractivity contribution >= 4 is 20.7 Å². The van der Waals surface area contributed by atoms with Crippen molar-refractivity contribution in [2.24, 2.45) is 0 Å². The molecule has 2 aromatic heterocycles. The number of halogens is 6. The highest BCUT2D eigenvalue weighted by Gasteiger charge is 2.33. The normalized spacial score (nSPS) is 12.6. The number of pyridine rings is 1. The Balaban J connectivity index is 1.88. The summed E-state index contributed by atoms with van der Waals surface area (Å²) in [5.41, 5.74) is -0.0707. The van der Waals surface area contributed by atoms with Gasteiger partial charge in [-0.2, -0.15) is 5.10 Å². The molecule has 0 saturated heterocycles. The molecule has 0 fully saturated rings. The van der Waals surface area contributed by atoms with Crippen LogP contribution in [-0.2, 0) is 9.84 Å². The molecule has 0 spiro atoms. The molecule has 2 aromatic carbocycles. The summed E-state index contributed by atoms with van der Waals surface area (Å²) in [7, 11) is -4.45. The minimum Gasteiger partial charge on any atom is -0.406 e. The van der Waals surface area contributed by atoms with Crippen molar-refractivity contribution in [2.75, 3.05) is 0 Å². The largest absolute Gasteiger partial charge is 0.573 e. The fourth-order valence-electron chi connectivity index (χ4n) is 3.04. The van der Waals surface area contributed by atoms with Gasteiger partial charge in [-0.1, -0.05) is 0 Å². The van der Waals surface area contributed by atoms with Crippen molar-refractivity contribution in [2.45, 2.75) is 22.5 Å². The minimum atomic E-state index is -5.00. The molecule has 0 unspecified atom stereocenters. The number of fused-ring (bicyclic) bond motifs is 1. The van der Waals surface area contributed by atoms with Crippen LogP contribution in [0.1, 0.15) is 0 Å². The summed E-state index contributed by atoms with van der Waals surface area (Å²) in [6.07, 6.45) is -6.83. The van der Waals surface area contributed by atoms with Crippen LogP contribution >= 0.6 is 0 Å². The Morgan fingerprint density at radius 2 is 1.47 bits per heavy atom. The molecular weight excluding hydrogens is 494 g/mol. The zero-order valence-corrected chi connectivity index (χ0v) is 17.2. The summed E-state index contributed by atoms with van der Waals surface area (Å²) < 4.78 is 111. The van der Waals surface area contributed by atoms with Gasteiger partial charge in [-0.3, -0.25) is 4.98 Å². The van der Waals surface area contributed by atoms with Gasteiger partial charge >= 0.3 is 12.7 Å². The Morgan fingerprint density at radius 1 is 0.853 bits per heavy atom. The molecule has 4 rings (SSSR count). The molecule has 0 bridgehead atoms. The van der Waals surface area contributed by atoms with E-state index in [0.717, 1.165) is 59.9 Å². The van der Waals surface area contributed by atoms with Gasteiger partial charge in [0, 0.05) is 11.6 Å². The second-order valence-electron chi connectivity index (χ2n) is 6.56. The van der Waals surface area contributed by atoms with Gasteiger partial charge in [0.05, 0.1) is 16.1 Å². The molecule has 4 aromatic rings. The molecule has 0 saturated carbocycles. The quantitative estimate of drug-likeness (QED) is 0.371. The number of benzene rings is 2. The van der Waals surface area contributed by atoms with Gasteiger partial charge in [-0.15, -0.1) is 26.3 Å². The number of nitrogens with zero attached hydrogens (tertiary/aromatic N) is 4. The predicted molar refractivity (Wildman–Crippen MR) is 102 cm³/mol. The van der Waals surface area contributed by atoms with Crippen molar-refractivity contribution in [1.82, 2.24) is 19.7 Å². The first kappa shape index (κ1) is 23.3. The van der Waals surface area contributed by atoms with E-state index in [1.54, 1.807) is 0 Å². The number of hydrogen-bond acceptors (Lipinski definition) is 7. The fourth-order valence-corrected chi connectivity index (χ4v) is 4.44. The number of aromatic nitrogens is 4. The minimum absolute atomic E-state index is 0.0645. The maximum absolute atomic E-state index is 13.3. The number of sulfone groups is 1. The van der Waals surface area contributed by atoms with Gasteiger partial charge in [0.2, 0.25) is 9.84 Å². The second kappa shape index (κ2) is 8.16. The second-order valence-corrected chi connectivity index (χ2v) is 8.48. The van der Waals surface area contributed by atoms with E-state index in [9.17, 15) is 34.8 Å². The standard InChI is InChI=1S/C19H10F6N4O4S/c20-18(21,22)32-11-1-4-13(5-2-11)34(30,31)16-8-27-15-6-3-12(33-19(23,24)25)7-14(15)17(16)29-10-26-9-28-29/h1-10H. The first-order chi connectivity index (χ1) is 15.8. The number of rotatable bonds is 5. The van der Waals surface area contributed by atoms with Crippen molar-refractivity contribution in [3.05, 3.63) is 61.3 Å². The molecule has 0 amide bonds. The zero-order chi connectivity index (χ0) is 24.7. The lowest BCUT2D eigenvalue weighted by Gasteiger charge is -2.15. The summed E-state index contributed by atoms with van der Waals surface area (Å²) in [4.78, 5) is 6.82. The van der Waals surface area contributed by atoms with Gasteiger partial charge in [0.25, 0.3) is 0 Å². The van der Waals surface area contributed by atoms with Crippen LogP contribution in [0.2, 0.25) is 0 Å². The van der Waals surface area contributed by atoms with Crippen LogP contribution in [0, 0.1) is 0 Å². The lowest BCUT2D eigenvalue weighted by molar-refractivity contribution is -0.275. The maximum atomic E-state index is 13.3. The third kappa shape index (κ3) is 4.88. The van der Waals surface area contributed by atoms with E-state index in [2.05, 4.69) is 24.5 Å². The molecular formula is C19H10F6N4O4S. The summed E-state index contributed by atoms with van der Waals surface area (Å²) in [5.74, 6) is -1.28. The Bertz CT molecular complexity index is 1440. The Hall–Kier alpha value is -3.88. The molecule has 0 radical (unpaired) electrons. The van der Waals surface area contributed by atoms with E-state index in [1.165, 1.54) is 6.07 Å². The van der Waals surface area contributed by atoms with E-state index in [-0.39, 0.29) is 16.6 Å². The molecule has 2 heterocycles. The third-order valence-corrected chi connectivity index (χ3v) is 6.09. The summed E-state index contributed by atoms with van der Waals surface area (Å²) in [5, 5.41) is 3.80. The Morgan fingerprint density at radius 3 is 2.06 bits per heavy atom. The average molecular weight is 504 g/mol. The van der Waals surface area contributed by atoms with E-state index in [0.29, 0.717) is 0 Å². The first-order valence-corrected chi connectivity index (χ1v) is 10.5. The highest BCUT2D eigenvalue weighted by Crippen LogP contribution is 2.35. The Kier molecular flexibility index (Phi) is 5.59. The first-order valence-electron chi connectivity index (χ1n) is 8.98. The number of alkyl halides is 6. The van der Waals surface area contributed by atoms with Crippen LogP contribution < -0.4 is 9.47 Å². The smallest absolute Gasteiger partial charge is 0.406 e. The van der Waals surface area contributed by atoms with Crippen LogP contribution in [0.25, 0.3) is 16.6 Å². The topological polar surface area (TPSA) is 96.2 Å². The van der Waals surface area contributed by atoms with Gasteiger partial charge in [0.15, 0.2) is 0 Å². The van der Waals surface area contributed by atoms with Crippen molar-refractivity contribution in [3.8, 4) is 17.2 Å². The highest BCUT2D eigenvalue weighted by molar-refractivity contribution is 7.91. The van der Waals surface area contributed by atoms with Gasteiger partial charge in [-0.25, -0.2) is 18.1 Å². The van der Waals surface area contributed by atoms with Crippen LogP contribution in [-0.4, -0.2) is 40.9 Å². The summed E-state index contributed by atoms with van der Waals surface area (Å²) in [6.45, 7) is 0. The van der Waals surface area contributed by atoms with E-state index in [4.69, 9.17) is 0 Å². The molecule has 0 aliphatic heterocycles. The zero-order valence-electron chi connectivity index (χ0n) is 16.4. The van der Waals surface area contributed by atoms with E-state index in [1.807, 2.05) is 0 Å². The summed E-state index contributed by atoms with van der Waals surface area (Å²) in [6, 6.07) is 6.51. The molecule has 0 aliphatic rings. The maximum Gasteiger partial charge on any atom is 0.573 e. The molecule has 0 N–H and O–H groups in total. The molecule has 0 atom stereocenters. The van der Waals surface area contributed by atoms with Gasteiger partial charge in [-0.05, 0) is 42.5 Å². The van der Waals surface area contributed by atoms with Crippen molar-refractivity contribution in [3.63, 3.8) is 0 Å². The lowest BCUT2D eigenvalue weighted by atomic mass is 10.2. The lowest BCUT2D eigenvalue weighted by Crippen LogP contribution is -2.17. The van der Waals surface area contributed by atoms with Crippen LogP contribution in [0.15, 0.2) is 71.1 Å². The van der Waals surface area contributed by atoms with Gasteiger partial charge < -0.3 is 9.47 Å². The predicted octanol–water partition coefficient (Wildman–Crippen LogP) is 4.45. The number of ether oxygens (including phenoxy) is 2. The van der Waals surface area contributed by atoms with Crippen LogP contribution in [0.3, 0.4) is 0 Å². The monoisotopic (exact) mass is 504 g/mol.